The van der Waals surface area contributed by atoms with Gasteiger partial charge in [0.15, 0.2) is 0 Å². The monoisotopic (exact) mass is 225 g/mol. The molecule has 0 aromatic carbocycles. The minimum Gasteiger partial charge on any atom is -0.478 e. The zero-order valence-corrected chi connectivity index (χ0v) is 8.84. The molecule has 15 heavy (non-hydrogen) atoms. The summed E-state index contributed by atoms with van der Waals surface area (Å²) in [6, 6.07) is 1.47. The van der Waals surface area contributed by atoms with Crippen molar-refractivity contribution in [1.82, 2.24) is 0 Å². The minimum atomic E-state index is -1.03. The fraction of sp³-hybridized carbons (Fsp3) is 0.200. The predicted molar refractivity (Wildman–Crippen MR) is 59.3 cm³/mol. The van der Waals surface area contributed by atoms with Gasteiger partial charge in [0.05, 0.1) is 5.56 Å². The molecule has 0 saturated heterocycles. The van der Waals surface area contributed by atoms with Gasteiger partial charge in [-0.3, -0.25) is 4.79 Å². The van der Waals surface area contributed by atoms with E-state index in [9.17, 15) is 9.59 Å². The molecule has 0 unspecified atom stereocenters. The van der Waals surface area contributed by atoms with Gasteiger partial charge in [-0.15, -0.1) is 17.9 Å². The Balaban J connectivity index is 2.64. The van der Waals surface area contributed by atoms with Gasteiger partial charge in [0.25, 0.3) is 0 Å². The smallest absolute Gasteiger partial charge is 0.338 e. The number of carbonyl (C=O) groups excluding carboxylic acids is 1. The van der Waals surface area contributed by atoms with E-state index in [1.54, 1.807) is 11.5 Å². The highest BCUT2D eigenvalue weighted by Crippen LogP contribution is 2.23. The zero-order valence-electron chi connectivity index (χ0n) is 8.03. The van der Waals surface area contributed by atoms with Crippen LogP contribution in [0.25, 0.3) is 0 Å². The second-order valence-corrected chi connectivity index (χ2v) is 3.76. The molecule has 0 fully saturated rings. The van der Waals surface area contributed by atoms with Gasteiger partial charge < -0.3 is 10.4 Å². The molecule has 0 aliphatic heterocycles. The first-order valence-electron chi connectivity index (χ1n) is 4.36. The summed E-state index contributed by atoms with van der Waals surface area (Å²) in [6.07, 6.45) is 2.55. The lowest BCUT2D eigenvalue weighted by atomic mass is 10.3. The predicted octanol–water partition coefficient (Wildman–Crippen LogP) is 2.35. The summed E-state index contributed by atoms with van der Waals surface area (Å²) in [6.45, 7) is 3.50. The first-order chi connectivity index (χ1) is 7.15. The van der Waals surface area contributed by atoms with Crippen LogP contribution in [0.2, 0.25) is 0 Å². The Kier molecular flexibility index (Phi) is 4.05. The van der Waals surface area contributed by atoms with E-state index >= 15 is 0 Å². The molecule has 0 bridgehead atoms. The van der Waals surface area contributed by atoms with E-state index in [1.807, 2.05) is 0 Å². The molecule has 1 heterocycles. The van der Waals surface area contributed by atoms with E-state index < -0.39 is 5.97 Å². The number of allylic oxidation sites excluding steroid dienone is 1. The number of carbonyl (C=O) groups is 2. The minimum absolute atomic E-state index is 0.131. The van der Waals surface area contributed by atoms with E-state index in [-0.39, 0.29) is 11.5 Å². The number of carboxylic acids is 1. The largest absolute Gasteiger partial charge is 0.478 e. The average molecular weight is 225 g/mol. The number of anilines is 1. The van der Waals surface area contributed by atoms with Gasteiger partial charge in [-0.05, 0) is 17.9 Å². The molecule has 0 radical (unpaired) electrons. The van der Waals surface area contributed by atoms with Crippen LogP contribution in [-0.2, 0) is 4.79 Å². The van der Waals surface area contributed by atoms with Crippen molar-refractivity contribution >= 4 is 28.2 Å². The lowest BCUT2D eigenvalue weighted by molar-refractivity contribution is -0.116. The number of rotatable bonds is 5. The number of carboxylic acid groups (broad SMARTS) is 1. The van der Waals surface area contributed by atoms with Crippen LogP contribution in [0, 0.1) is 0 Å². The Labute approximate surface area is 91.2 Å². The number of hydrogen-bond donors (Lipinski definition) is 2. The number of aromatic carboxylic acids is 1. The maximum atomic E-state index is 11.3. The highest BCUT2D eigenvalue weighted by Gasteiger charge is 2.12. The van der Waals surface area contributed by atoms with Crippen LogP contribution in [0.1, 0.15) is 23.2 Å². The lowest BCUT2D eigenvalue weighted by Gasteiger charge is -2.02. The molecule has 5 heteroatoms. The number of hydrogen-bond acceptors (Lipinski definition) is 3. The number of thiophene rings is 1. The molecule has 0 atom stereocenters. The standard InChI is InChI=1S/C10H11NO3S/c1-2-3-4-8(12)11-9-7(10(13)14)5-6-15-9/h2,5-6H,1,3-4H2,(H,11,12)(H,13,14). The van der Waals surface area contributed by atoms with Gasteiger partial charge in [-0.1, -0.05) is 6.08 Å². The fourth-order valence-corrected chi connectivity index (χ4v) is 1.79. The summed E-state index contributed by atoms with van der Waals surface area (Å²) in [5.74, 6) is -1.23. The van der Waals surface area contributed by atoms with Gasteiger partial charge in [0.2, 0.25) is 5.91 Å². The van der Waals surface area contributed by atoms with E-state index in [0.29, 0.717) is 17.8 Å². The maximum Gasteiger partial charge on any atom is 0.338 e. The summed E-state index contributed by atoms with van der Waals surface area (Å²) < 4.78 is 0. The first kappa shape index (κ1) is 11.5. The molecule has 1 amide bonds. The van der Waals surface area contributed by atoms with Crippen molar-refractivity contribution in [3.63, 3.8) is 0 Å². The van der Waals surface area contributed by atoms with Crippen molar-refractivity contribution in [1.29, 1.82) is 0 Å². The van der Waals surface area contributed by atoms with Crippen LogP contribution in [0.15, 0.2) is 24.1 Å². The molecule has 4 nitrogen and oxygen atoms in total. The lowest BCUT2D eigenvalue weighted by Crippen LogP contribution is -2.12. The van der Waals surface area contributed by atoms with E-state index in [0.717, 1.165) is 0 Å². The summed E-state index contributed by atoms with van der Waals surface area (Å²) in [5, 5.41) is 13.4. The van der Waals surface area contributed by atoms with Crippen molar-refractivity contribution in [2.75, 3.05) is 5.32 Å². The third-order valence-corrected chi connectivity index (χ3v) is 2.55. The third-order valence-electron chi connectivity index (χ3n) is 1.72. The Bertz CT molecular complexity index is 384. The Morgan fingerprint density at radius 2 is 2.33 bits per heavy atom. The third kappa shape index (κ3) is 3.21. The summed E-state index contributed by atoms with van der Waals surface area (Å²) >= 11 is 1.20. The Morgan fingerprint density at radius 1 is 1.60 bits per heavy atom. The topological polar surface area (TPSA) is 66.4 Å². The fourth-order valence-electron chi connectivity index (χ4n) is 0.997. The maximum absolute atomic E-state index is 11.3. The molecule has 1 rings (SSSR count). The Morgan fingerprint density at radius 3 is 2.93 bits per heavy atom. The molecular formula is C10H11NO3S. The van der Waals surface area contributed by atoms with Crippen LogP contribution in [0.3, 0.4) is 0 Å². The van der Waals surface area contributed by atoms with Gasteiger partial charge in [0.1, 0.15) is 5.00 Å². The quantitative estimate of drug-likeness (QED) is 0.756. The Hall–Kier alpha value is -1.62. The van der Waals surface area contributed by atoms with Crippen molar-refractivity contribution in [3.8, 4) is 0 Å². The zero-order chi connectivity index (χ0) is 11.3. The first-order valence-corrected chi connectivity index (χ1v) is 5.24. The van der Waals surface area contributed by atoms with Crippen LogP contribution in [0.4, 0.5) is 5.00 Å². The molecule has 1 aromatic heterocycles. The summed E-state index contributed by atoms with van der Waals surface area (Å²) in [4.78, 5) is 22.0. The number of amides is 1. The molecule has 0 spiro atoms. The van der Waals surface area contributed by atoms with Gasteiger partial charge in [-0.2, -0.15) is 0 Å². The van der Waals surface area contributed by atoms with E-state index in [2.05, 4.69) is 11.9 Å². The van der Waals surface area contributed by atoms with Gasteiger partial charge >= 0.3 is 5.97 Å². The van der Waals surface area contributed by atoms with Crippen LogP contribution in [0.5, 0.6) is 0 Å². The normalized spacial score (nSPS) is 9.60. The van der Waals surface area contributed by atoms with Crippen LogP contribution in [-0.4, -0.2) is 17.0 Å². The average Bonchev–Trinajstić information content (AvgIpc) is 2.62. The molecule has 0 aliphatic rings. The van der Waals surface area contributed by atoms with Gasteiger partial charge in [0, 0.05) is 6.42 Å². The van der Waals surface area contributed by atoms with Crippen LogP contribution >= 0.6 is 11.3 Å². The summed E-state index contributed by atoms with van der Waals surface area (Å²) in [5.41, 5.74) is 0.131. The molecule has 80 valence electrons. The second-order valence-electron chi connectivity index (χ2n) is 2.84. The van der Waals surface area contributed by atoms with Crippen molar-refractivity contribution < 1.29 is 14.7 Å². The molecule has 1 aromatic rings. The van der Waals surface area contributed by atoms with E-state index in [4.69, 9.17) is 5.11 Å². The van der Waals surface area contributed by atoms with E-state index in [1.165, 1.54) is 17.4 Å². The highest BCUT2D eigenvalue weighted by molar-refractivity contribution is 7.14. The van der Waals surface area contributed by atoms with Crippen molar-refractivity contribution in [3.05, 3.63) is 29.7 Å². The summed E-state index contributed by atoms with van der Waals surface area (Å²) in [7, 11) is 0. The number of nitrogens with one attached hydrogen (secondary N) is 1. The van der Waals surface area contributed by atoms with Crippen molar-refractivity contribution in [2.24, 2.45) is 0 Å². The van der Waals surface area contributed by atoms with Crippen LogP contribution < -0.4 is 5.32 Å². The van der Waals surface area contributed by atoms with Gasteiger partial charge in [-0.25, -0.2) is 4.79 Å². The highest BCUT2D eigenvalue weighted by atomic mass is 32.1. The molecular weight excluding hydrogens is 214 g/mol. The molecule has 0 aliphatic carbocycles. The second kappa shape index (κ2) is 5.31. The SMILES string of the molecule is C=CCCC(=O)Nc1sccc1C(=O)O. The molecule has 0 saturated carbocycles. The van der Waals surface area contributed by atoms with Crippen molar-refractivity contribution in [2.45, 2.75) is 12.8 Å². The molecule has 2 N–H and O–H groups in total.